The minimum atomic E-state index is -0.528. The summed E-state index contributed by atoms with van der Waals surface area (Å²) in [4.78, 5) is 10.3. The summed E-state index contributed by atoms with van der Waals surface area (Å²) in [5.41, 5.74) is 0.228. The Morgan fingerprint density at radius 1 is 1.62 bits per heavy atom. The zero-order valence-electron chi connectivity index (χ0n) is 6.84. The van der Waals surface area contributed by atoms with E-state index >= 15 is 0 Å². The second-order valence-corrected chi connectivity index (χ2v) is 2.94. The van der Waals surface area contributed by atoms with Gasteiger partial charge in [0.15, 0.2) is 0 Å². The van der Waals surface area contributed by atoms with Crippen LogP contribution in [0.4, 0.5) is 11.4 Å². The lowest BCUT2D eigenvalue weighted by atomic mass is 10.3. The van der Waals surface area contributed by atoms with Crippen LogP contribution in [0.15, 0.2) is 23.1 Å². The van der Waals surface area contributed by atoms with Crippen LogP contribution < -0.4 is 5.06 Å². The molecule has 0 aliphatic rings. The second kappa shape index (κ2) is 3.63. The van der Waals surface area contributed by atoms with E-state index in [-0.39, 0.29) is 5.69 Å². The topological polar surface area (TPSA) is 66.6 Å². The third-order valence-corrected chi connectivity index (χ3v) is 1.90. The molecule has 1 aromatic carbocycles. The van der Waals surface area contributed by atoms with Crippen molar-refractivity contribution < 1.29 is 10.1 Å². The molecule has 0 spiro atoms. The van der Waals surface area contributed by atoms with Crippen LogP contribution in [0.2, 0.25) is 0 Å². The van der Waals surface area contributed by atoms with E-state index in [1.165, 1.54) is 25.2 Å². The molecule has 0 unspecified atom stereocenters. The van der Waals surface area contributed by atoms with Gasteiger partial charge in [-0.25, -0.2) is 0 Å². The minimum absolute atomic E-state index is 0.0753. The Labute approximate surface area is 80.1 Å². The fourth-order valence-corrected chi connectivity index (χ4v) is 1.17. The lowest BCUT2D eigenvalue weighted by Crippen LogP contribution is -2.10. The number of hydroxylamine groups is 1. The SMILES string of the molecule is CN(O)c1cc([N+](=O)[O-])ccc1S. The highest BCUT2D eigenvalue weighted by Gasteiger charge is 2.10. The number of benzene rings is 1. The number of nitrogens with zero attached hydrogens (tertiary/aromatic N) is 2. The number of nitro benzene ring substituents is 1. The lowest BCUT2D eigenvalue weighted by molar-refractivity contribution is -0.384. The summed E-state index contributed by atoms with van der Waals surface area (Å²) in [6.45, 7) is 0. The van der Waals surface area contributed by atoms with E-state index in [0.29, 0.717) is 10.6 Å². The Kier molecular flexibility index (Phi) is 2.74. The largest absolute Gasteiger partial charge is 0.289 e. The Hall–Kier alpha value is -1.27. The van der Waals surface area contributed by atoms with Crippen LogP contribution in [-0.4, -0.2) is 17.2 Å². The number of thiol groups is 1. The molecular formula is C7H8N2O3S. The highest BCUT2D eigenvalue weighted by atomic mass is 32.1. The monoisotopic (exact) mass is 200 g/mol. The van der Waals surface area contributed by atoms with E-state index in [0.717, 1.165) is 5.06 Å². The second-order valence-electron chi connectivity index (χ2n) is 2.45. The quantitative estimate of drug-likeness (QED) is 0.433. The van der Waals surface area contributed by atoms with Crippen molar-refractivity contribution in [2.24, 2.45) is 0 Å². The van der Waals surface area contributed by atoms with E-state index in [4.69, 9.17) is 5.21 Å². The molecule has 0 bridgehead atoms. The first-order valence-electron chi connectivity index (χ1n) is 3.42. The fourth-order valence-electron chi connectivity index (χ4n) is 0.885. The number of nitro groups is 1. The molecular weight excluding hydrogens is 192 g/mol. The molecule has 0 saturated carbocycles. The smallest absolute Gasteiger partial charge is 0.271 e. The van der Waals surface area contributed by atoms with Crippen LogP contribution in [-0.2, 0) is 0 Å². The summed E-state index contributed by atoms with van der Waals surface area (Å²) in [7, 11) is 1.37. The average Bonchev–Trinajstić information content (AvgIpc) is 2.04. The van der Waals surface area contributed by atoms with Gasteiger partial charge < -0.3 is 0 Å². The van der Waals surface area contributed by atoms with Crippen LogP contribution >= 0.6 is 12.6 Å². The van der Waals surface area contributed by atoms with E-state index < -0.39 is 4.92 Å². The van der Waals surface area contributed by atoms with Crippen molar-refractivity contribution in [2.75, 3.05) is 12.1 Å². The Morgan fingerprint density at radius 3 is 2.69 bits per heavy atom. The Bertz CT molecular complexity index is 341. The van der Waals surface area contributed by atoms with Gasteiger partial charge in [-0.2, -0.15) is 0 Å². The van der Waals surface area contributed by atoms with Crippen molar-refractivity contribution in [1.29, 1.82) is 0 Å². The summed E-state index contributed by atoms with van der Waals surface area (Å²) in [6.07, 6.45) is 0. The van der Waals surface area contributed by atoms with Crippen molar-refractivity contribution in [3.8, 4) is 0 Å². The molecule has 0 aliphatic heterocycles. The Balaban J connectivity index is 3.19. The van der Waals surface area contributed by atoms with Crippen LogP contribution in [0.3, 0.4) is 0 Å². The van der Waals surface area contributed by atoms with Gasteiger partial charge in [-0.05, 0) is 6.07 Å². The minimum Gasteiger partial charge on any atom is -0.289 e. The maximum Gasteiger partial charge on any atom is 0.271 e. The summed E-state index contributed by atoms with van der Waals surface area (Å²) in [5.74, 6) is 0. The molecule has 1 rings (SSSR count). The molecule has 0 fully saturated rings. The van der Waals surface area contributed by atoms with Gasteiger partial charge in [-0.1, -0.05) is 0 Å². The maximum atomic E-state index is 10.4. The Morgan fingerprint density at radius 2 is 2.23 bits per heavy atom. The molecule has 13 heavy (non-hydrogen) atoms. The summed E-state index contributed by atoms with van der Waals surface area (Å²) in [5, 5.41) is 20.2. The van der Waals surface area contributed by atoms with E-state index in [1.807, 2.05) is 0 Å². The highest BCUT2D eigenvalue weighted by molar-refractivity contribution is 7.80. The van der Waals surface area contributed by atoms with Crippen molar-refractivity contribution in [3.63, 3.8) is 0 Å². The summed E-state index contributed by atoms with van der Waals surface area (Å²) >= 11 is 4.03. The van der Waals surface area contributed by atoms with Crippen molar-refractivity contribution in [1.82, 2.24) is 0 Å². The first kappa shape index (κ1) is 9.82. The van der Waals surface area contributed by atoms with Gasteiger partial charge in [0, 0.05) is 24.1 Å². The molecule has 0 atom stereocenters. The standard InChI is InChI=1S/C7H8N2O3S/c1-8(10)6-4-5(9(11)12)2-3-7(6)13/h2-4,10,13H,1H3. The van der Waals surface area contributed by atoms with Crippen LogP contribution in [0.1, 0.15) is 0 Å². The van der Waals surface area contributed by atoms with Gasteiger partial charge in [0.25, 0.3) is 5.69 Å². The van der Waals surface area contributed by atoms with Crippen LogP contribution in [0.5, 0.6) is 0 Å². The molecule has 0 aliphatic carbocycles. The molecule has 1 N–H and O–H groups in total. The first-order valence-corrected chi connectivity index (χ1v) is 3.87. The van der Waals surface area contributed by atoms with Gasteiger partial charge in [-0.15, -0.1) is 12.6 Å². The molecule has 0 radical (unpaired) electrons. The molecule has 0 saturated heterocycles. The molecule has 0 aromatic heterocycles. The maximum absolute atomic E-state index is 10.4. The number of rotatable bonds is 2. The van der Waals surface area contributed by atoms with Gasteiger partial charge >= 0.3 is 0 Å². The van der Waals surface area contributed by atoms with Gasteiger partial charge in [-0.3, -0.25) is 20.4 Å². The third-order valence-electron chi connectivity index (χ3n) is 1.52. The van der Waals surface area contributed by atoms with Crippen molar-refractivity contribution in [3.05, 3.63) is 28.3 Å². The third kappa shape index (κ3) is 2.10. The van der Waals surface area contributed by atoms with Crippen LogP contribution in [0.25, 0.3) is 0 Å². The number of anilines is 1. The van der Waals surface area contributed by atoms with E-state index in [9.17, 15) is 10.1 Å². The lowest BCUT2D eigenvalue weighted by Gasteiger charge is -2.11. The summed E-state index contributed by atoms with van der Waals surface area (Å²) in [6, 6.07) is 4.04. The zero-order chi connectivity index (χ0) is 10.0. The number of hydrogen-bond acceptors (Lipinski definition) is 5. The van der Waals surface area contributed by atoms with Gasteiger partial charge in [0.2, 0.25) is 0 Å². The van der Waals surface area contributed by atoms with Crippen molar-refractivity contribution in [2.45, 2.75) is 4.90 Å². The summed E-state index contributed by atoms with van der Waals surface area (Å²) < 4.78 is 0. The highest BCUT2D eigenvalue weighted by Crippen LogP contribution is 2.26. The van der Waals surface area contributed by atoms with E-state index in [1.54, 1.807) is 0 Å². The average molecular weight is 200 g/mol. The number of hydrogen-bond donors (Lipinski definition) is 2. The van der Waals surface area contributed by atoms with Crippen LogP contribution in [0, 0.1) is 10.1 Å². The molecule has 0 amide bonds. The molecule has 6 heteroatoms. The van der Waals surface area contributed by atoms with Gasteiger partial charge in [0.1, 0.15) is 0 Å². The normalized spacial score (nSPS) is 9.77. The van der Waals surface area contributed by atoms with E-state index in [2.05, 4.69) is 12.6 Å². The first-order chi connectivity index (χ1) is 6.02. The molecule has 5 nitrogen and oxygen atoms in total. The number of non-ortho nitro benzene ring substituents is 1. The predicted octanol–water partition coefficient (Wildman–Crippen LogP) is 1.71. The predicted molar refractivity (Wildman–Crippen MR) is 50.5 cm³/mol. The van der Waals surface area contributed by atoms with Crippen molar-refractivity contribution >= 4 is 24.0 Å². The molecule has 70 valence electrons. The zero-order valence-corrected chi connectivity index (χ0v) is 7.73. The molecule has 0 heterocycles. The van der Waals surface area contributed by atoms with Gasteiger partial charge in [0.05, 0.1) is 10.6 Å². The fraction of sp³-hybridized carbons (Fsp3) is 0.143. The molecule has 1 aromatic rings.